The van der Waals surface area contributed by atoms with Gasteiger partial charge in [-0.05, 0) is 52.7 Å². The van der Waals surface area contributed by atoms with Crippen molar-refractivity contribution in [2.75, 3.05) is 18.5 Å². The van der Waals surface area contributed by atoms with Gasteiger partial charge in [-0.1, -0.05) is 24.1 Å². The molecule has 0 aromatic heterocycles. The Balaban J connectivity index is 2.16. The Kier molecular flexibility index (Phi) is 6.17. The van der Waals surface area contributed by atoms with E-state index < -0.39 is 0 Å². The van der Waals surface area contributed by atoms with E-state index in [9.17, 15) is 0 Å². The number of anilines is 1. The summed E-state index contributed by atoms with van der Waals surface area (Å²) >= 11 is 3.52. The lowest BCUT2D eigenvalue weighted by molar-refractivity contribution is 0.297. The molecule has 22 heavy (non-hydrogen) atoms. The van der Waals surface area contributed by atoms with Gasteiger partial charge in [-0.15, -0.1) is 6.42 Å². The van der Waals surface area contributed by atoms with E-state index >= 15 is 0 Å². The fourth-order valence-electron chi connectivity index (χ4n) is 2.00. The number of hydrogen-bond donors (Lipinski definition) is 1. The number of ether oxygens (including phenoxy) is 2. The Bertz CT molecular complexity index is 650. The highest BCUT2D eigenvalue weighted by atomic mass is 79.9. The van der Waals surface area contributed by atoms with E-state index in [1.807, 2.05) is 49.4 Å². The summed E-state index contributed by atoms with van der Waals surface area (Å²) < 4.78 is 12.0. The number of terminal acetylenes is 1. The Morgan fingerprint density at radius 1 is 1.18 bits per heavy atom. The monoisotopic (exact) mass is 359 g/mol. The third-order valence-electron chi connectivity index (χ3n) is 2.94. The summed E-state index contributed by atoms with van der Waals surface area (Å²) in [6.45, 7) is 3.40. The number of hydrogen-bond acceptors (Lipinski definition) is 3. The zero-order valence-electron chi connectivity index (χ0n) is 12.4. The van der Waals surface area contributed by atoms with Gasteiger partial charge in [-0.2, -0.15) is 0 Å². The summed E-state index contributed by atoms with van der Waals surface area (Å²) in [7, 11) is 0. The minimum atomic E-state index is 0.209. The second-order valence-corrected chi connectivity index (χ2v) is 5.40. The van der Waals surface area contributed by atoms with Gasteiger partial charge in [-0.25, -0.2) is 0 Å². The van der Waals surface area contributed by atoms with Crippen LogP contribution < -0.4 is 14.8 Å². The highest BCUT2D eigenvalue weighted by Gasteiger charge is 2.12. The van der Waals surface area contributed by atoms with Crippen LogP contribution in [0.5, 0.6) is 11.5 Å². The van der Waals surface area contributed by atoms with Crippen molar-refractivity contribution >= 4 is 21.6 Å². The third-order valence-corrected chi connectivity index (χ3v) is 3.53. The first kappa shape index (κ1) is 16.3. The fraction of sp³-hybridized carbons (Fsp3) is 0.222. The van der Waals surface area contributed by atoms with Crippen LogP contribution in [0.2, 0.25) is 0 Å². The zero-order valence-corrected chi connectivity index (χ0v) is 14.0. The van der Waals surface area contributed by atoms with Crippen molar-refractivity contribution in [3.63, 3.8) is 0 Å². The molecule has 0 amide bonds. The molecular formula is C18H18BrNO2. The maximum atomic E-state index is 5.66. The van der Waals surface area contributed by atoms with Crippen LogP contribution in [0.1, 0.15) is 12.5 Å². The molecule has 2 aromatic rings. The second kappa shape index (κ2) is 8.35. The van der Waals surface area contributed by atoms with Crippen LogP contribution in [0, 0.1) is 12.3 Å². The van der Waals surface area contributed by atoms with Crippen LogP contribution in [0.25, 0.3) is 0 Å². The molecule has 2 aromatic carbocycles. The average molecular weight is 360 g/mol. The molecule has 0 saturated carbocycles. The molecule has 0 saturated heterocycles. The molecule has 0 spiro atoms. The fourth-order valence-corrected chi connectivity index (χ4v) is 2.60. The Morgan fingerprint density at radius 3 is 2.64 bits per heavy atom. The van der Waals surface area contributed by atoms with E-state index in [0.717, 1.165) is 15.7 Å². The van der Waals surface area contributed by atoms with E-state index in [0.29, 0.717) is 24.7 Å². The molecule has 1 N–H and O–H groups in total. The van der Waals surface area contributed by atoms with E-state index in [2.05, 4.69) is 27.2 Å². The van der Waals surface area contributed by atoms with Gasteiger partial charge in [0.25, 0.3) is 0 Å². The van der Waals surface area contributed by atoms with E-state index in [-0.39, 0.29) is 6.61 Å². The maximum absolute atomic E-state index is 5.66. The molecule has 2 rings (SSSR count). The van der Waals surface area contributed by atoms with E-state index in [1.54, 1.807) is 0 Å². The van der Waals surface area contributed by atoms with Gasteiger partial charge in [0.1, 0.15) is 6.61 Å². The van der Waals surface area contributed by atoms with Crippen LogP contribution in [0.15, 0.2) is 46.9 Å². The summed E-state index contributed by atoms with van der Waals surface area (Å²) in [5, 5.41) is 3.37. The molecule has 0 bridgehead atoms. The molecule has 0 fully saturated rings. The van der Waals surface area contributed by atoms with E-state index in [1.165, 1.54) is 0 Å². The zero-order chi connectivity index (χ0) is 15.8. The van der Waals surface area contributed by atoms with Crippen molar-refractivity contribution in [1.82, 2.24) is 0 Å². The van der Waals surface area contributed by atoms with Crippen LogP contribution in [-0.2, 0) is 6.54 Å². The van der Waals surface area contributed by atoms with Crippen LogP contribution >= 0.6 is 15.9 Å². The molecule has 0 aliphatic carbocycles. The molecule has 0 atom stereocenters. The highest BCUT2D eigenvalue weighted by Crippen LogP contribution is 2.37. The van der Waals surface area contributed by atoms with Crippen molar-refractivity contribution in [2.24, 2.45) is 0 Å². The van der Waals surface area contributed by atoms with Crippen LogP contribution in [0.3, 0.4) is 0 Å². The number of nitrogens with one attached hydrogen (secondary N) is 1. The number of benzene rings is 2. The van der Waals surface area contributed by atoms with Gasteiger partial charge >= 0.3 is 0 Å². The lowest BCUT2D eigenvalue weighted by atomic mass is 10.2. The Morgan fingerprint density at radius 2 is 1.95 bits per heavy atom. The first-order valence-corrected chi connectivity index (χ1v) is 7.84. The van der Waals surface area contributed by atoms with Crippen molar-refractivity contribution in [3.8, 4) is 23.8 Å². The summed E-state index contributed by atoms with van der Waals surface area (Å²) in [4.78, 5) is 0. The molecule has 114 valence electrons. The molecule has 3 nitrogen and oxygen atoms in total. The minimum absolute atomic E-state index is 0.209. The molecule has 0 aliphatic heterocycles. The van der Waals surface area contributed by atoms with Crippen LogP contribution in [0.4, 0.5) is 5.69 Å². The minimum Gasteiger partial charge on any atom is -0.490 e. The third kappa shape index (κ3) is 4.44. The van der Waals surface area contributed by atoms with Gasteiger partial charge in [0.05, 0.1) is 11.1 Å². The summed E-state index contributed by atoms with van der Waals surface area (Å²) in [5.74, 6) is 3.80. The predicted octanol–water partition coefficient (Wildman–Crippen LogP) is 4.47. The Labute approximate surface area is 139 Å². The normalized spacial score (nSPS) is 9.86. The number of rotatable bonds is 7. The molecule has 0 radical (unpaired) electrons. The van der Waals surface area contributed by atoms with Crippen molar-refractivity contribution in [3.05, 3.63) is 52.5 Å². The molecule has 4 heteroatoms. The quantitative estimate of drug-likeness (QED) is 0.739. The second-order valence-electron chi connectivity index (χ2n) is 4.55. The molecule has 0 heterocycles. The van der Waals surface area contributed by atoms with Crippen molar-refractivity contribution in [1.29, 1.82) is 0 Å². The average Bonchev–Trinajstić information content (AvgIpc) is 2.53. The van der Waals surface area contributed by atoms with Gasteiger partial charge in [-0.3, -0.25) is 0 Å². The smallest absolute Gasteiger partial charge is 0.176 e. The van der Waals surface area contributed by atoms with Gasteiger partial charge in [0.2, 0.25) is 0 Å². The number of halogens is 1. The first-order chi connectivity index (χ1) is 10.7. The van der Waals surface area contributed by atoms with Crippen molar-refractivity contribution < 1.29 is 9.47 Å². The molecular weight excluding hydrogens is 342 g/mol. The molecule has 0 aliphatic rings. The SMILES string of the molecule is C#CCOc1c(Br)cc(CNc2ccccc2)cc1OCC. The lowest BCUT2D eigenvalue weighted by Gasteiger charge is -2.15. The lowest BCUT2D eigenvalue weighted by Crippen LogP contribution is -2.04. The highest BCUT2D eigenvalue weighted by molar-refractivity contribution is 9.10. The van der Waals surface area contributed by atoms with E-state index in [4.69, 9.17) is 15.9 Å². The first-order valence-electron chi connectivity index (χ1n) is 7.05. The Hall–Kier alpha value is -2.12. The maximum Gasteiger partial charge on any atom is 0.176 e. The van der Waals surface area contributed by atoms with Gasteiger partial charge in [0.15, 0.2) is 11.5 Å². The van der Waals surface area contributed by atoms with Crippen LogP contribution in [-0.4, -0.2) is 13.2 Å². The standard InChI is InChI=1S/C18H18BrNO2/c1-3-10-22-18-16(19)11-14(12-17(18)21-4-2)13-20-15-8-6-5-7-9-15/h1,5-9,11-12,20H,4,10,13H2,2H3. The molecule has 0 unspecified atom stereocenters. The number of para-hydroxylation sites is 1. The van der Waals surface area contributed by atoms with Gasteiger partial charge < -0.3 is 14.8 Å². The summed E-state index contributed by atoms with van der Waals surface area (Å²) in [6.07, 6.45) is 5.25. The predicted molar refractivity (Wildman–Crippen MR) is 93.4 cm³/mol. The topological polar surface area (TPSA) is 30.5 Å². The summed E-state index contributed by atoms with van der Waals surface area (Å²) in [6, 6.07) is 14.0. The summed E-state index contributed by atoms with van der Waals surface area (Å²) in [5.41, 5.74) is 2.16. The van der Waals surface area contributed by atoms with Crippen molar-refractivity contribution in [2.45, 2.75) is 13.5 Å². The largest absolute Gasteiger partial charge is 0.490 e. The van der Waals surface area contributed by atoms with Gasteiger partial charge in [0, 0.05) is 12.2 Å².